The van der Waals surface area contributed by atoms with Gasteiger partial charge in [-0.1, -0.05) is 59.8 Å². The van der Waals surface area contributed by atoms with Crippen LogP contribution in [0.5, 0.6) is 0 Å². The summed E-state index contributed by atoms with van der Waals surface area (Å²) in [4.78, 5) is 21.4. The van der Waals surface area contributed by atoms with Crippen LogP contribution < -0.4 is 5.32 Å². The zero-order valence-corrected chi connectivity index (χ0v) is 27.7. The first kappa shape index (κ1) is 38.7. The molecule has 2 aromatic rings. The molecule has 0 bridgehead atoms. The monoisotopic (exact) mass is 706 g/mol. The molecule has 2 aliphatic rings. The van der Waals surface area contributed by atoms with E-state index in [-0.39, 0.29) is 22.1 Å². The van der Waals surface area contributed by atoms with Crippen molar-refractivity contribution in [1.29, 1.82) is 0 Å². The molecule has 1 fully saturated rings. The molecule has 239 valence electrons. The summed E-state index contributed by atoms with van der Waals surface area (Å²) in [5.41, 5.74) is 3.37. The summed E-state index contributed by atoms with van der Waals surface area (Å²) in [5, 5.41) is 42.4. The Morgan fingerprint density at radius 2 is 1.44 bits per heavy atom. The van der Waals surface area contributed by atoms with E-state index in [2.05, 4.69) is 45.7 Å². The molecule has 4 rings (SSSR count). The van der Waals surface area contributed by atoms with Crippen molar-refractivity contribution in [2.24, 2.45) is 10.8 Å². The molecule has 0 unspecified atom stereocenters. The van der Waals surface area contributed by atoms with Gasteiger partial charge in [-0.05, 0) is 46.7 Å². The van der Waals surface area contributed by atoms with Crippen LogP contribution in [0.2, 0.25) is 0 Å². The first-order chi connectivity index (χ1) is 19.7. The Hall–Kier alpha value is -2.34. The Labute approximate surface area is 267 Å². The predicted octanol–water partition coefficient (Wildman–Crippen LogP) is 2.79. The number of ether oxygens (including phenoxy) is 1. The third kappa shape index (κ3) is 10.7. The fourth-order valence-corrected chi connectivity index (χ4v) is 4.24. The van der Waals surface area contributed by atoms with Gasteiger partial charge in [0.2, 0.25) is 0 Å². The van der Waals surface area contributed by atoms with Gasteiger partial charge in [0.25, 0.3) is 0 Å². The molecule has 0 amide bonds. The largest absolute Gasteiger partial charge is 0.255 e. The van der Waals surface area contributed by atoms with Gasteiger partial charge in [0.15, 0.2) is 12.1 Å². The number of nitrogens with one attached hydrogen (secondary N) is 1. The molecule has 1 aliphatic heterocycles. The smallest absolute Gasteiger partial charge is 0.0886 e. The maximum absolute atomic E-state index is 13.0. The zero-order chi connectivity index (χ0) is 31.7. The van der Waals surface area contributed by atoms with Crippen molar-refractivity contribution in [2.45, 2.75) is 72.2 Å². The second-order valence-corrected chi connectivity index (χ2v) is 11.9. The van der Waals surface area contributed by atoms with Gasteiger partial charge in [-0.15, -0.1) is 0 Å². The van der Waals surface area contributed by atoms with Crippen molar-refractivity contribution >= 4 is 15.5 Å². The SMILES string of the molecule is CC(C)(C)C1=C/C(=C/N[C@@H]2[C@@H](O)[C@H](O)[C@@H](CO)O[C@@H]2O)C(=O)C(C(C)(C)C)=C1.O.[Cl][Ru].c1ccc(-c2ccccn2)nc1. The summed E-state index contributed by atoms with van der Waals surface area (Å²) >= 11 is 1.82. The fraction of sp³-hybridized carbons (Fsp3) is 0.452. The standard InChI is InChI=1S/C21H33NO6.C10H8N2.ClH.H2O.Ru/c1-20(2,3)12-7-11(16(24)13(8-12)21(4,5)6)9-22-15-18(26)17(25)14(10-23)28-19(15)27;1-3-7-11-9(5-1)10-6-2-4-8-12-10;;;/h7-9,14-15,17-19,22-23,25-27H,10H2,1-6H3;1-8H;1H;1H2;/q;;;;+1/p-1/b11-9-;;;;/t14-,15-,17-,18-,19+;;;;/m1..../s1. The molecule has 0 spiro atoms. The number of allylic oxidation sites excluding steroid dienone is 5. The topological polar surface area (TPSA) is 177 Å². The quantitative estimate of drug-likeness (QED) is 0.237. The molecule has 12 heteroatoms. The van der Waals surface area contributed by atoms with Gasteiger partial charge in [0, 0.05) is 29.7 Å². The molecule has 10 nitrogen and oxygen atoms in total. The summed E-state index contributed by atoms with van der Waals surface area (Å²) in [6, 6.07) is 10.5. The summed E-state index contributed by atoms with van der Waals surface area (Å²) in [7, 11) is 4.57. The maximum atomic E-state index is 13.0. The number of carbonyl (C=O) groups excluding carboxylic acids is 1. The van der Waals surface area contributed by atoms with Crippen LogP contribution in [-0.4, -0.2) is 78.9 Å². The van der Waals surface area contributed by atoms with Crippen LogP contribution in [0.15, 0.2) is 83.9 Å². The van der Waals surface area contributed by atoms with E-state index in [4.69, 9.17) is 9.84 Å². The van der Waals surface area contributed by atoms with Crippen LogP contribution in [0.3, 0.4) is 0 Å². The summed E-state index contributed by atoms with van der Waals surface area (Å²) in [6.45, 7) is 11.6. The van der Waals surface area contributed by atoms with Gasteiger partial charge in [-0.3, -0.25) is 14.8 Å². The normalized spacial score (nSPS) is 24.7. The Morgan fingerprint density at radius 3 is 1.86 bits per heavy atom. The first-order valence-electron chi connectivity index (χ1n) is 13.5. The van der Waals surface area contributed by atoms with Crippen LogP contribution in [0.25, 0.3) is 11.4 Å². The van der Waals surface area contributed by atoms with Gasteiger partial charge in [-0.2, -0.15) is 0 Å². The number of aliphatic hydroxyl groups is 4. The Morgan fingerprint density at radius 1 is 0.907 bits per heavy atom. The zero-order valence-electron chi connectivity index (χ0n) is 25.2. The van der Waals surface area contributed by atoms with Crippen LogP contribution in [0.4, 0.5) is 0 Å². The summed E-state index contributed by atoms with van der Waals surface area (Å²) in [6.07, 6.45) is 3.44. The van der Waals surface area contributed by atoms with Crippen LogP contribution >= 0.6 is 9.69 Å². The van der Waals surface area contributed by atoms with Crippen molar-refractivity contribution < 1.29 is 52.7 Å². The molecule has 43 heavy (non-hydrogen) atoms. The van der Waals surface area contributed by atoms with E-state index in [1.165, 1.54) is 6.20 Å². The van der Waals surface area contributed by atoms with E-state index in [0.717, 1.165) is 17.0 Å². The van der Waals surface area contributed by atoms with E-state index < -0.39 is 37.3 Å². The molecule has 1 saturated heterocycles. The first-order valence-corrected chi connectivity index (χ1v) is 15.7. The van der Waals surface area contributed by atoms with Gasteiger partial charge in [0.1, 0.15) is 24.4 Å². The minimum atomic E-state index is -1.45. The number of carbonyl (C=O) groups is 1. The summed E-state index contributed by atoms with van der Waals surface area (Å²) < 4.78 is 5.14. The average Bonchev–Trinajstić information content (AvgIpc) is 2.96. The molecule has 0 aromatic carbocycles. The van der Waals surface area contributed by atoms with E-state index in [1.54, 1.807) is 18.5 Å². The third-order valence-electron chi connectivity index (χ3n) is 6.72. The van der Waals surface area contributed by atoms with E-state index in [1.807, 2.05) is 80.6 Å². The number of hydrogen-bond donors (Lipinski definition) is 5. The fourth-order valence-electron chi connectivity index (χ4n) is 4.24. The van der Waals surface area contributed by atoms with Gasteiger partial charge >= 0.3 is 27.0 Å². The molecule has 1 aliphatic carbocycles. The van der Waals surface area contributed by atoms with Gasteiger partial charge in [0.05, 0.1) is 18.0 Å². The number of hydrogen-bond acceptors (Lipinski definition) is 9. The van der Waals surface area contributed by atoms with Crippen LogP contribution in [0.1, 0.15) is 41.5 Å². The number of aromatic nitrogens is 2. The van der Waals surface area contributed by atoms with E-state index >= 15 is 0 Å². The molecule has 0 radical (unpaired) electrons. The van der Waals surface area contributed by atoms with Gasteiger partial charge < -0.3 is 36.0 Å². The summed E-state index contributed by atoms with van der Waals surface area (Å²) in [5.74, 6) is -0.137. The molecule has 5 atom stereocenters. The van der Waals surface area contributed by atoms with Crippen molar-refractivity contribution in [3.05, 3.63) is 83.9 Å². The number of pyridine rings is 2. The molecule has 3 heterocycles. The number of rotatable bonds is 4. The molecule has 2 aromatic heterocycles. The predicted molar refractivity (Wildman–Crippen MR) is 162 cm³/mol. The Bertz CT molecular complexity index is 1210. The van der Waals surface area contributed by atoms with E-state index in [9.17, 15) is 20.1 Å². The average molecular weight is 706 g/mol. The molecular weight excluding hydrogens is 663 g/mol. The molecule has 7 N–H and O–H groups in total. The Kier molecular flexibility index (Phi) is 15.5. The third-order valence-corrected chi connectivity index (χ3v) is 6.72. The van der Waals surface area contributed by atoms with Crippen molar-refractivity contribution in [1.82, 2.24) is 15.3 Å². The van der Waals surface area contributed by atoms with Crippen molar-refractivity contribution in [3.8, 4) is 11.4 Å². The van der Waals surface area contributed by atoms with Gasteiger partial charge in [-0.25, -0.2) is 0 Å². The minimum Gasteiger partial charge on any atom is -0.255 e. The van der Waals surface area contributed by atoms with E-state index in [0.29, 0.717) is 11.1 Å². The molecular formula is C31H43ClN3O7Ru. The second-order valence-electron chi connectivity index (χ2n) is 11.9. The number of halogens is 1. The molecule has 0 saturated carbocycles. The maximum Gasteiger partial charge on any atom is 0.0886 e. The number of nitrogens with zero attached hydrogens (tertiary/aromatic N) is 2. The number of ketones is 1. The van der Waals surface area contributed by atoms with Crippen LogP contribution in [-0.2, 0) is 26.8 Å². The minimum absolute atomic E-state index is 0. The number of Topliss-reactive ketones (excluding diaryl/α,β-unsaturated/α-hetero) is 1. The van der Waals surface area contributed by atoms with Crippen molar-refractivity contribution in [3.63, 3.8) is 0 Å². The Balaban J connectivity index is 0.000000511. The van der Waals surface area contributed by atoms with Crippen LogP contribution in [0, 0.1) is 10.8 Å². The second kappa shape index (κ2) is 17.2. The van der Waals surface area contributed by atoms with Crippen molar-refractivity contribution in [2.75, 3.05) is 6.61 Å². The number of aliphatic hydroxyl groups excluding tert-OH is 4.